The zero-order valence-electron chi connectivity index (χ0n) is 9.23. The molecule has 0 fully saturated rings. The zero-order chi connectivity index (χ0) is 14.0. The number of carboxylic acids is 1. The van der Waals surface area contributed by atoms with Crippen LogP contribution in [-0.4, -0.2) is 16.1 Å². The first kappa shape index (κ1) is 14.0. The third-order valence-corrected chi connectivity index (χ3v) is 3.17. The number of hydrogen-bond donors (Lipinski definition) is 1. The number of ether oxygens (including phenoxy) is 1. The van der Waals surface area contributed by atoms with E-state index in [4.69, 9.17) is 9.84 Å². The maximum Gasteiger partial charge on any atom is 0.342 e. The van der Waals surface area contributed by atoms with E-state index in [2.05, 4.69) is 36.8 Å². The van der Waals surface area contributed by atoms with Crippen molar-refractivity contribution in [1.29, 1.82) is 0 Å². The predicted octanol–water partition coefficient (Wildman–Crippen LogP) is 4.24. The Kier molecular flexibility index (Phi) is 4.16. The second-order valence-electron chi connectivity index (χ2n) is 3.46. The van der Waals surface area contributed by atoms with Crippen molar-refractivity contribution in [2.24, 2.45) is 0 Å². The van der Waals surface area contributed by atoms with Crippen LogP contribution in [0.3, 0.4) is 0 Å². The minimum absolute atomic E-state index is 0.108. The molecular weight excluding hydrogens is 385 g/mol. The molecule has 0 radical (unpaired) electrons. The zero-order valence-corrected chi connectivity index (χ0v) is 12.4. The van der Waals surface area contributed by atoms with Gasteiger partial charge in [0.15, 0.2) is 0 Å². The fourth-order valence-electron chi connectivity index (χ4n) is 1.38. The summed E-state index contributed by atoms with van der Waals surface area (Å²) in [6, 6.07) is 5.47. The number of rotatable bonds is 3. The van der Waals surface area contributed by atoms with E-state index in [1.54, 1.807) is 6.07 Å². The largest absolute Gasteiger partial charge is 0.477 e. The number of halogens is 3. The van der Waals surface area contributed by atoms with Crippen molar-refractivity contribution in [2.45, 2.75) is 0 Å². The third kappa shape index (κ3) is 3.10. The standard InChI is InChI=1S/C12H6Br2FNO3/c13-6-4-7(14)11(16-5-6)19-9-3-1-2-8(15)10(9)12(17)18/h1-5H,(H,17,18). The van der Waals surface area contributed by atoms with Gasteiger partial charge in [0.1, 0.15) is 17.1 Å². The van der Waals surface area contributed by atoms with Gasteiger partial charge in [-0.15, -0.1) is 0 Å². The molecule has 0 atom stereocenters. The molecule has 1 heterocycles. The lowest BCUT2D eigenvalue weighted by Gasteiger charge is -2.09. The smallest absolute Gasteiger partial charge is 0.342 e. The van der Waals surface area contributed by atoms with Crippen LogP contribution in [0.15, 0.2) is 39.4 Å². The number of pyridine rings is 1. The molecule has 0 saturated heterocycles. The van der Waals surface area contributed by atoms with Crippen LogP contribution in [0.25, 0.3) is 0 Å². The van der Waals surface area contributed by atoms with Gasteiger partial charge in [0.05, 0.1) is 4.47 Å². The molecule has 7 heteroatoms. The molecule has 0 bridgehead atoms. The highest BCUT2D eigenvalue weighted by atomic mass is 79.9. The first-order valence-electron chi connectivity index (χ1n) is 4.99. The molecule has 0 unspecified atom stereocenters. The van der Waals surface area contributed by atoms with Gasteiger partial charge >= 0.3 is 5.97 Å². The van der Waals surface area contributed by atoms with Gasteiger partial charge in [-0.25, -0.2) is 14.2 Å². The van der Waals surface area contributed by atoms with Crippen molar-refractivity contribution < 1.29 is 19.0 Å². The van der Waals surface area contributed by atoms with Crippen molar-refractivity contribution in [3.8, 4) is 11.6 Å². The van der Waals surface area contributed by atoms with Crippen molar-refractivity contribution in [3.05, 3.63) is 50.8 Å². The molecule has 2 rings (SSSR count). The Morgan fingerprint density at radius 3 is 2.74 bits per heavy atom. The van der Waals surface area contributed by atoms with Crippen LogP contribution in [0, 0.1) is 5.82 Å². The molecule has 1 N–H and O–H groups in total. The number of hydrogen-bond acceptors (Lipinski definition) is 3. The molecule has 0 spiro atoms. The lowest BCUT2D eigenvalue weighted by atomic mass is 10.2. The van der Waals surface area contributed by atoms with Gasteiger partial charge < -0.3 is 9.84 Å². The van der Waals surface area contributed by atoms with E-state index in [1.807, 2.05) is 0 Å². The molecular formula is C12H6Br2FNO3. The number of carboxylic acid groups (broad SMARTS) is 1. The number of nitrogens with zero attached hydrogens (tertiary/aromatic N) is 1. The minimum Gasteiger partial charge on any atom is -0.477 e. The topological polar surface area (TPSA) is 59.4 Å². The first-order valence-corrected chi connectivity index (χ1v) is 6.58. The van der Waals surface area contributed by atoms with E-state index in [1.165, 1.54) is 18.3 Å². The predicted molar refractivity (Wildman–Crippen MR) is 73.1 cm³/mol. The maximum absolute atomic E-state index is 13.5. The Morgan fingerprint density at radius 2 is 2.11 bits per heavy atom. The van der Waals surface area contributed by atoms with Gasteiger partial charge in [0.2, 0.25) is 5.88 Å². The van der Waals surface area contributed by atoms with Crippen LogP contribution in [0.2, 0.25) is 0 Å². The molecule has 98 valence electrons. The van der Waals surface area contributed by atoms with E-state index in [0.29, 0.717) is 4.47 Å². The molecule has 0 aliphatic rings. The van der Waals surface area contributed by atoms with Crippen molar-refractivity contribution in [1.82, 2.24) is 4.98 Å². The maximum atomic E-state index is 13.5. The second-order valence-corrected chi connectivity index (χ2v) is 5.23. The fourth-order valence-corrected chi connectivity index (χ4v) is 2.45. The lowest BCUT2D eigenvalue weighted by molar-refractivity contribution is 0.0689. The number of carbonyl (C=O) groups is 1. The van der Waals surface area contributed by atoms with E-state index in [0.717, 1.165) is 10.5 Å². The van der Waals surface area contributed by atoms with Gasteiger partial charge in [-0.05, 0) is 50.1 Å². The molecule has 19 heavy (non-hydrogen) atoms. The molecule has 1 aromatic carbocycles. The Labute approximate surface area is 124 Å². The van der Waals surface area contributed by atoms with Crippen LogP contribution < -0.4 is 4.74 Å². The molecule has 0 aliphatic carbocycles. The van der Waals surface area contributed by atoms with Crippen LogP contribution >= 0.6 is 31.9 Å². The summed E-state index contributed by atoms with van der Waals surface area (Å²) in [7, 11) is 0. The monoisotopic (exact) mass is 389 g/mol. The van der Waals surface area contributed by atoms with Crippen LogP contribution in [0.5, 0.6) is 11.6 Å². The Bertz CT molecular complexity index is 649. The van der Waals surface area contributed by atoms with Crippen molar-refractivity contribution >= 4 is 37.8 Å². The highest BCUT2D eigenvalue weighted by Gasteiger charge is 2.18. The summed E-state index contributed by atoms with van der Waals surface area (Å²) in [5.74, 6) is -2.22. The van der Waals surface area contributed by atoms with E-state index < -0.39 is 17.3 Å². The summed E-state index contributed by atoms with van der Waals surface area (Å²) >= 11 is 6.45. The molecule has 2 aromatic rings. The summed E-state index contributed by atoms with van der Waals surface area (Å²) in [5.41, 5.74) is -0.529. The van der Waals surface area contributed by atoms with Crippen LogP contribution in [0.1, 0.15) is 10.4 Å². The summed E-state index contributed by atoms with van der Waals surface area (Å²) in [6.45, 7) is 0. The first-order chi connectivity index (χ1) is 8.99. The normalized spacial score (nSPS) is 10.3. The molecule has 0 amide bonds. The summed E-state index contributed by atoms with van der Waals surface area (Å²) < 4.78 is 20.0. The summed E-state index contributed by atoms with van der Waals surface area (Å²) in [4.78, 5) is 15.0. The van der Waals surface area contributed by atoms with Gasteiger partial charge in [0, 0.05) is 10.7 Å². The van der Waals surface area contributed by atoms with Gasteiger partial charge in [-0.1, -0.05) is 6.07 Å². The van der Waals surface area contributed by atoms with Gasteiger partial charge in [0.25, 0.3) is 0 Å². The third-order valence-electron chi connectivity index (χ3n) is 2.17. The van der Waals surface area contributed by atoms with E-state index in [-0.39, 0.29) is 11.6 Å². The Hall–Kier alpha value is -1.47. The van der Waals surface area contributed by atoms with Crippen LogP contribution in [-0.2, 0) is 0 Å². The molecule has 0 aliphatic heterocycles. The van der Waals surface area contributed by atoms with Gasteiger partial charge in [-0.3, -0.25) is 0 Å². The molecule has 0 saturated carbocycles. The Morgan fingerprint density at radius 1 is 1.37 bits per heavy atom. The summed E-state index contributed by atoms with van der Waals surface area (Å²) in [6.07, 6.45) is 1.49. The quantitative estimate of drug-likeness (QED) is 0.851. The number of aromatic carboxylic acids is 1. The van der Waals surface area contributed by atoms with Crippen LogP contribution in [0.4, 0.5) is 4.39 Å². The van der Waals surface area contributed by atoms with Gasteiger partial charge in [-0.2, -0.15) is 0 Å². The average molecular weight is 391 g/mol. The minimum atomic E-state index is -1.40. The average Bonchev–Trinajstić information content (AvgIpc) is 2.32. The number of aromatic nitrogens is 1. The summed E-state index contributed by atoms with van der Waals surface area (Å²) in [5, 5.41) is 8.98. The second kappa shape index (κ2) is 5.66. The van der Waals surface area contributed by atoms with Crippen molar-refractivity contribution in [2.75, 3.05) is 0 Å². The number of benzene rings is 1. The van der Waals surface area contributed by atoms with E-state index >= 15 is 0 Å². The van der Waals surface area contributed by atoms with E-state index in [9.17, 15) is 9.18 Å². The lowest BCUT2D eigenvalue weighted by Crippen LogP contribution is -2.04. The molecule has 4 nitrogen and oxygen atoms in total. The molecule has 1 aromatic heterocycles. The highest BCUT2D eigenvalue weighted by Crippen LogP contribution is 2.32. The Balaban J connectivity index is 2.44. The SMILES string of the molecule is O=C(O)c1c(F)cccc1Oc1ncc(Br)cc1Br. The van der Waals surface area contributed by atoms with Crippen molar-refractivity contribution in [3.63, 3.8) is 0 Å². The highest BCUT2D eigenvalue weighted by molar-refractivity contribution is 9.11. The fraction of sp³-hybridized carbons (Fsp3) is 0.